The molecule has 1 aromatic heterocycles. The van der Waals surface area contributed by atoms with Gasteiger partial charge in [-0.05, 0) is 67.3 Å². The maximum Gasteiger partial charge on any atom is 0.0749 e. The second-order valence-corrected chi connectivity index (χ2v) is 7.38. The predicted octanol–water partition coefficient (Wildman–Crippen LogP) is 3.39. The number of nitrogens with one attached hydrogen (secondary N) is 1. The van der Waals surface area contributed by atoms with Gasteiger partial charge in [-0.1, -0.05) is 0 Å². The SMILES string of the molecule is CNCc1c(Br)sc2c1CCCN(C(C)C)C2. The molecule has 0 amide bonds. The van der Waals surface area contributed by atoms with Gasteiger partial charge in [0, 0.05) is 24.0 Å². The van der Waals surface area contributed by atoms with Gasteiger partial charge < -0.3 is 5.32 Å². The number of rotatable bonds is 3. The van der Waals surface area contributed by atoms with Gasteiger partial charge in [-0.15, -0.1) is 11.3 Å². The van der Waals surface area contributed by atoms with Crippen molar-refractivity contribution < 1.29 is 0 Å². The first-order valence-corrected chi connectivity index (χ1v) is 7.92. The van der Waals surface area contributed by atoms with Gasteiger partial charge in [-0.25, -0.2) is 0 Å². The van der Waals surface area contributed by atoms with Crippen molar-refractivity contribution in [2.75, 3.05) is 13.6 Å². The van der Waals surface area contributed by atoms with Gasteiger partial charge in [-0.2, -0.15) is 0 Å². The van der Waals surface area contributed by atoms with Crippen molar-refractivity contribution in [2.45, 2.75) is 45.8 Å². The number of hydrogen-bond donors (Lipinski definition) is 1. The largest absolute Gasteiger partial charge is 0.316 e. The van der Waals surface area contributed by atoms with Crippen LogP contribution in [0.15, 0.2) is 3.79 Å². The molecule has 17 heavy (non-hydrogen) atoms. The van der Waals surface area contributed by atoms with Crippen LogP contribution in [0.4, 0.5) is 0 Å². The first-order chi connectivity index (χ1) is 8.13. The minimum Gasteiger partial charge on any atom is -0.316 e. The van der Waals surface area contributed by atoms with Crippen LogP contribution in [-0.4, -0.2) is 24.5 Å². The molecule has 0 aromatic carbocycles. The molecule has 0 saturated carbocycles. The van der Waals surface area contributed by atoms with E-state index in [1.807, 2.05) is 18.4 Å². The van der Waals surface area contributed by atoms with Gasteiger partial charge in [0.2, 0.25) is 0 Å². The molecule has 0 saturated heterocycles. The van der Waals surface area contributed by atoms with E-state index in [9.17, 15) is 0 Å². The quantitative estimate of drug-likeness (QED) is 0.919. The van der Waals surface area contributed by atoms with Gasteiger partial charge in [0.25, 0.3) is 0 Å². The van der Waals surface area contributed by atoms with E-state index in [-0.39, 0.29) is 0 Å². The zero-order valence-electron chi connectivity index (χ0n) is 10.8. The molecule has 1 aliphatic heterocycles. The van der Waals surface area contributed by atoms with Gasteiger partial charge in [0.15, 0.2) is 0 Å². The highest BCUT2D eigenvalue weighted by Crippen LogP contribution is 2.36. The fourth-order valence-electron chi connectivity index (χ4n) is 2.45. The Bertz CT molecular complexity index is 387. The average Bonchev–Trinajstić information content (AvgIpc) is 2.48. The molecular weight excluding hydrogens is 296 g/mol. The number of fused-ring (bicyclic) bond motifs is 1. The Kier molecular flexibility index (Phi) is 4.64. The Balaban J connectivity index is 2.28. The van der Waals surface area contributed by atoms with Crippen LogP contribution in [0, 0.1) is 0 Å². The Morgan fingerprint density at radius 2 is 2.24 bits per heavy atom. The maximum atomic E-state index is 3.72. The summed E-state index contributed by atoms with van der Waals surface area (Å²) in [5.74, 6) is 0. The fourth-order valence-corrected chi connectivity index (χ4v) is 4.53. The lowest BCUT2D eigenvalue weighted by Gasteiger charge is -2.23. The van der Waals surface area contributed by atoms with Crippen LogP contribution in [-0.2, 0) is 19.5 Å². The summed E-state index contributed by atoms with van der Waals surface area (Å²) in [5, 5.41) is 3.28. The summed E-state index contributed by atoms with van der Waals surface area (Å²) in [6, 6.07) is 0.648. The molecule has 0 spiro atoms. The zero-order chi connectivity index (χ0) is 12.4. The Morgan fingerprint density at radius 1 is 1.47 bits per heavy atom. The second-order valence-electron chi connectivity index (χ2n) is 4.95. The molecule has 1 aromatic rings. The standard InChI is InChI=1S/C13H21BrN2S/c1-9(2)16-6-4-5-10-11(7-15-3)13(14)17-12(10)8-16/h9,15H,4-8H2,1-3H3. The molecular formula is C13H21BrN2S. The van der Waals surface area contributed by atoms with Crippen LogP contribution in [0.2, 0.25) is 0 Å². The van der Waals surface area contributed by atoms with Crippen LogP contribution in [0.3, 0.4) is 0 Å². The number of nitrogens with zero attached hydrogens (tertiary/aromatic N) is 1. The third kappa shape index (κ3) is 2.92. The molecule has 0 fully saturated rings. The van der Waals surface area contributed by atoms with E-state index < -0.39 is 0 Å². The van der Waals surface area contributed by atoms with Crippen LogP contribution < -0.4 is 5.32 Å². The number of halogens is 1. The molecule has 96 valence electrons. The van der Waals surface area contributed by atoms with Gasteiger partial charge in [-0.3, -0.25) is 4.90 Å². The minimum atomic E-state index is 0.648. The van der Waals surface area contributed by atoms with Crippen molar-refractivity contribution in [3.8, 4) is 0 Å². The number of thiophene rings is 1. The molecule has 2 heterocycles. The smallest absolute Gasteiger partial charge is 0.0749 e. The predicted molar refractivity (Wildman–Crippen MR) is 78.6 cm³/mol. The van der Waals surface area contributed by atoms with Crippen LogP contribution in [0.1, 0.15) is 36.3 Å². The highest BCUT2D eigenvalue weighted by Gasteiger charge is 2.22. The summed E-state index contributed by atoms with van der Waals surface area (Å²) >= 11 is 5.65. The first kappa shape index (κ1) is 13.5. The average molecular weight is 317 g/mol. The lowest BCUT2D eigenvalue weighted by molar-refractivity contribution is 0.218. The van der Waals surface area contributed by atoms with Gasteiger partial charge in [0.1, 0.15) is 0 Å². The third-order valence-corrected chi connectivity index (χ3v) is 5.47. The monoisotopic (exact) mass is 316 g/mol. The molecule has 4 heteroatoms. The van der Waals surface area contributed by atoms with Crippen molar-refractivity contribution >= 4 is 27.3 Å². The third-order valence-electron chi connectivity index (χ3n) is 3.45. The van der Waals surface area contributed by atoms with Crippen molar-refractivity contribution in [3.63, 3.8) is 0 Å². The van der Waals surface area contributed by atoms with Crippen LogP contribution >= 0.6 is 27.3 Å². The zero-order valence-corrected chi connectivity index (χ0v) is 13.2. The van der Waals surface area contributed by atoms with Crippen molar-refractivity contribution in [1.82, 2.24) is 10.2 Å². The Labute approximate surface area is 117 Å². The van der Waals surface area contributed by atoms with Crippen LogP contribution in [0.25, 0.3) is 0 Å². The summed E-state index contributed by atoms with van der Waals surface area (Å²) in [7, 11) is 2.02. The van der Waals surface area contributed by atoms with Crippen molar-refractivity contribution in [1.29, 1.82) is 0 Å². The topological polar surface area (TPSA) is 15.3 Å². The van der Waals surface area contributed by atoms with Crippen LogP contribution in [0.5, 0.6) is 0 Å². The Morgan fingerprint density at radius 3 is 2.88 bits per heavy atom. The summed E-state index contributed by atoms with van der Waals surface area (Å²) in [6.45, 7) is 7.92. The van der Waals surface area contributed by atoms with E-state index in [2.05, 4.69) is 40.0 Å². The number of hydrogen-bond acceptors (Lipinski definition) is 3. The van der Waals surface area contributed by atoms with Crippen molar-refractivity contribution in [3.05, 3.63) is 19.8 Å². The van der Waals surface area contributed by atoms with E-state index in [1.165, 1.54) is 28.7 Å². The summed E-state index contributed by atoms with van der Waals surface area (Å²) in [4.78, 5) is 4.14. The summed E-state index contributed by atoms with van der Waals surface area (Å²) < 4.78 is 1.32. The lowest BCUT2D eigenvalue weighted by Crippen LogP contribution is -2.30. The van der Waals surface area contributed by atoms with E-state index in [0.29, 0.717) is 6.04 Å². The van der Waals surface area contributed by atoms with E-state index in [0.717, 1.165) is 13.1 Å². The lowest BCUT2D eigenvalue weighted by atomic mass is 10.1. The van der Waals surface area contributed by atoms with Gasteiger partial charge >= 0.3 is 0 Å². The van der Waals surface area contributed by atoms with Gasteiger partial charge in [0.05, 0.1) is 3.79 Å². The fraction of sp³-hybridized carbons (Fsp3) is 0.692. The normalized spacial score (nSPS) is 17.2. The molecule has 2 nitrogen and oxygen atoms in total. The molecule has 0 radical (unpaired) electrons. The van der Waals surface area contributed by atoms with E-state index >= 15 is 0 Å². The highest BCUT2D eigenvalue weighted by molar-refractivity contribution is 9.11. The first-order valence-electron chi connectivity index (χ1n) is 6.31. The van der Waals surface area contributed by atoms with E-state index in [4.69, 9.17) is 0 Å². The molecule has 0 unspecified atom stereocenters. The molecule has 0 atom stereocenters. The maximum absolute atomic E-state index is 3.72. The molecule has 2 rings (SSSR count). The molecule has 0 aliphatic carbocycles. The minimum absolute atomic E-state index is 0.648. The molecule has 1 N–H and O–H groups in total. The van der Waals surface area contributed by atoms with Crippen molar-refractivity contribution in [2.24, 2.45) is 0 Å². The molecule has 0 bridgehead atoms. The summed E-state index contributed by atoms with van der Waals surface area (Å²) in [5.41, 5.74) is 3.08. The second kappa shape index (κ2) is 5.83. The summed E-state index contributed by atoms with van der Waals surface area (Å²) in [6.07, 6.45) is 2.52. The van der Waals surface area contributed by atoms with E-state index in [1.54, 1.807) is 10.4 Å². The highest BCUT2D eigenvalue weighted by atomic mass is 79.9. The molecule has 1 aliphatic rings. The Hall–Kier alpha value is 0.1000.